The molecule has 38 heavy (non-hydrogen) atoms. The SMILES string of the molecule is CN1NC(c2ccccc2)=CN1c1cccc(Oc2ccc3c4ccccc4n(-c4ccccn4)c3c2)c1. The van der Waals surface area contributed by atoms with Gasteiger partial charge in [0, 0.05) is 47.9 Å². The molecule has 1 aliphatic heterocycles. The van der Waals surface area contributed by atoms with Gasteiger partial charge in [0.1, 0.15) is 17.3 Å². The van der Waals surface area contributed by atoms with E-state index in [-0.39, 0.29) is 0 Å². The van der Waals surface area contributed by atoms with Crippen LogP contribution in [0.2, 0.25) is 0 Å². The number of hydrazine groups is 2. The number of nitrogens with zero attached hydrogens (tertiary/aromatic N) is 4. The maximum atomic E-state index is 6.40. The second kappa shape index (κ2) is 9.10. The summed E-state index contributed by atoms with van der Waals surface area (Å²) in [5.74, 6) is 2.41. The summed E-state index contributed by atoms with van der Waals surface area (Å²) in [5.41, 5.74) is 8.74. The predicted molar refractivity (Wildman–Crippen MR) is 153 cm³/mol. The molecule has 184 valence electrons. The Hall–Kier alpha value is -5.07. The highest BCUT2D eigenvalue weighted by Crippen LogP contribution is 2.35. The third-order valence-electron chi connectivity index (χ3n) is 6.78. The molecule has 0 radical (unpaired) electrons. The Balaban J connectivity index is 1.24. The van der Waals surface area contributed by atoms with Crippen molar-refractivity contribution in [1.29, 1.82) is 0 Å². The van der Waals surface area contributed by atoms with Gasteiger partial charge in [-0.3, -0.25) is 15.0 Å². The molecule has 0 bridgehead atoms. The Bertz CT molecular complexity index is 1790. The second-order valence-electron chi connectivity index (χ2n) is 9.21. The van der Waals surface area contributed by atoms with Crippen molar-refractivity contribution in [2.75, 3.05) is 12.1 Å². The molecule has 0 atom stereocenters. The lowest BCUT2D eigenvalue weighted by Crippen LogP contribution is -2.38. The van der Waals surface area contributed by atoms with E-state index in [1.165, 1.54) is 5.39 Å². The van der Waals surface area contributed by atoms with Gasteiger partial charge in [0.25, 0.3) is 0 Å². The van der Waals surface area contributed by atoms with Gasteiger partial charge in [0.05, 0.1) is 22.4 Å². The summed E-state index contributed by atoms with van der Waals surface area (Å²) in [5, 5.41) is 6.37. The number of benzene rings is 4. The first-order valence-electron chi connectivity index (χ1n) is 12.5. The van der Waals surface area contributed by atoms with E-state index in [0.717, 1.165) is 50.7 Å². The van der Waals surface area contributed by atoms with E-state index in [0.29, 0.717) is 0 Å². The minimum atomic E-state index is 0.761. The number of hydrogen-bond acceptors (Lipinski definition) is 5. The van der Waals surface area contributed by atoms with Gasteiger partial charge in [-0.05, 0) is 42.5 Å². The maximum absolute atomic E-state index is 6.40. The number of fused-ring (bicyclic) bond motifs is 3. The Morgan fingerprint density at radius 1 is 0.684 bits per heavy atom. The third-order valence-corrected chi connectivity index (χ3v) is 6.78. The molecule has 0 spiro atoms. The minimum absolute atomic E-state index is 0.761. The summed E-state index contributed by atoms with van der Waals surface area (Å²) in [6.45, 7) is 0. The molecule has 0 aliphatic carbocycles. The summed E-state index contributed by atoms with van der Waals surface area (Å²) in [7, 11) is 1.99. The molecule has 1 N–H and O–H groups in total. The number of anilines is 1. The standard InChI is InChI=1S/C32H25N5O/c1-35-34-29(23-10-3-2-4-11-23)22-36(35)24-12-9-13-25(20-24)38-26-17-18-28-27-14-5-6-15-30(27)37(31(28)21-26)32-16-7-8-19-33-32/h2-22,34H,1H3. The van der Waals surface area contributed by atoms with Gasteiger partial charge in [0.15, 0.2) is 0 Å². The van der Waals surface area contributed by atoms with Crippen molar-refractivity contribution >= 4 is 33.2 Å². The van der Waals surface area contributed by atoms with Crippen LogP contribution in [0, 0.1) is 0 Å². The Morgan fingerprint density at radius 3 is 2.34 bits per heavy atom. The van der Waals surface area contributed by atoms with Crippen LogP contribution in [0.4, 0.5) is 5.69 Å². The third kappa shape index (κ3) is 3.84. The van der Waals surface area contributed by atoms with Crippen LogP contribution >= 0.6 is 0 Å². The second-order valence-corrected chi connectivity index (χ2v) is 9.21. The molecule has 7 rings (SSSR count). The van der Waals surface area contributed by atoms with Crippen molar-refractivity contribution in [3.63, 3.8) is 0 Å². The van der Waals surface area contributed by atoms with Crippen LogP contribution < -0.4 is 15.2 Å². The van der Waals surface area contributed by atoms with Crippen molar-refractivity contribution in [2.45, 2.75) is 0 Å². The van der Waals surface area contributed by atoms with Gasteiger partial charge in [-0.1, -0.05) is 60.7 Å². The van der Waals surface area contributed by atoms with Crippen molar-refractivity contribution in [3.05, 3.63) is 133 Å². The van der Waals surface area contributed by atoms with E-state index in [9.17, 15) is 0 Å². The quantitative estimate of drug-likeness (QED) is 0.275. The lowest BCUT2D eigenvalue weighted by molar-refractivity contribution is 0.307. The molecule has 6 aromatic rings. The summed E-state index contributed by atoms with van der Waals surface area (Å²) in [6, 6.07) is 39.0. The van der Waals surface area contributed by atoms with Crippen molar-refractivity contribution in [3.8, 4) is 17.3 Å². The summed E-state index contributed by atoms with van der Waals surface area (Å²) >= 11 is 0. The fraction of sp³-hybridized carbons (Fsp3) is 0.0312. The molecule has 0 amide bonds. The highest BCUT2D eigenvalue weighted by molar-refractivity contribution is 6.09. The molecule has 0 saturated carbocycles. The normalized spacial score (nSPS) is 13.6. The zero-order chi connectivity index (χ0) is 25.5. The van der Waals surface area contributed by atoms with Crippen LogP contribution in [-0.2, 0) is 0 Å². The highest BCUT2D eigenvalue weighted by Gasteiger charge is 2.21. The first-order valence-corrected chi connectivity index (χ1v) is 12.5. The first-order chi connectivity index (χ1) is 18.7. The summed E-state index contributed by atoms with van der Waals surface area (Å²) in [6.07, 6.45) is 3.91. The zero-order valence-corrected chi connectivity index (χ0v) is 20.8. The van der Waals surface area contributed by atoms with E-state index in [1.807, 2.05) is 79.0 Å². The molecule has 6 nitrogen and oxygen atoms in total. The highest BCUT2D eigenvalue weighted by atomic mass is 16.5. The lowest BCUT2D eigenvalue weighted by atomic mass is 10.1. The Labute approximate surface area is 220 Å². The predicted octanol–water partition coefficient (Wildman–Crippen LogP) is 7.14. The van der Waals surface area contributed by atoms with E-state index in [2.05, 4.69) is 80.8 Å². The zero-order valence-electron chi connectivity index (χ0n) is 20.8. The molecule has 4 aromatic carbocycles. The molecule has 0 unspecified atom stereocenters. The minimum Gasteiger partial charge on any atom is -0.457 e. The molecular formula is C32H25N5O. The van der Waals surface area contributed by atoms with Gasteiger partial charge < -0.3 is 4.74 Å². The monoisotopic (exact) mass is 495 g/mol. The van der Waals surface area contributed by atoms with E-state index in [4.69, 9.17) is 4.74 Å². The molecule has 2 aromatic heterocycles. The largest absolute Gasteiger partial charge is 0.457 e. The van der Waals surface area contributed by atoms with Crippen molar-refractivity contribution in [1.82, 2.24) is 20.1 Å². The fourth-order valence-corrected chi connectivity index (χ4v) is 5.04. The smallest absolute Gasteiger partial charge is 0.137 e. The lowest BCUT2D eigenvalue weighted by Gasteiger charge is -2.25. The van der Waals surface area contributed by atoms with Gasteiger partial charge in [-0.15, -0.1) is 5.12 Å². The maximum Gasteiger partial charge on any atom is 0.137 e. The van der Waals surface area contributed by atoms with Crippen molar-refractivity contribution < 1.29 is 4.74 Å². The van der Waals surface area contributed by atoms with Gasteiger partial charge in [-0.2, -0.15) is 0 Å². The number of ether oxygens (including phenoxy) is 1. The fourth-order valence-electron chi connectivity index (χ4n) is 5.04. The average Bonchev–Trinajstić information content (AvgIpc) is 3.52. The Morgan fingerprint density at radius 2 is 1.47 bits per heavy atom. The van der Waals surface area contributed by atoms with Gasteiger partial charge in [0.2, 0.25) is 0 Å². The van der Waals surface area contributed by atoms with Crippen LogP contribution in [-0.4, -0.2) is 21.7 Å². The van der Waals surface area contributed by atoms with Crippen LogP contribution in [0.1, 0.15) is 5.56 Å². The van der Waals surface area contributed by atoms with Crippen LogP contribution in [0.25, 0.3) is 33.3 Å². The number of rotatable bonds is 5. The molecular weight excluding hydrogens is 470 g/mol. The summed E-state index contributed by atoms with van der Waals surface area (Å²) < 4.78 is 8.59. The molecule has 6 heteroatoms. The molecule has 1 aliphatic rings. The van der Waals surface area contributed by atoms with E-state index < -0.39 is 0 Å². The first kappa shape index (κ1) is 22.2. The average molecular weight is 496 g/mol. The van der Waals surface area contributed by atoms with Gasteiger partial charge in [-0.25, -0.2) is 4.98 Å². The number of nitrogens with one attached hydrogen (secondary N) is 1. The number of para-hydroxylation sites is 1. The number of aromatic nitrogens is 2. The Kier molecular flexibility index (Phi) is 5.31. The van der Waals surface area contributed by atoms with Crippen LogP contribution in [0.3, 0.4) is 0 Å². The van der Waals surface area contributed by atoms with Crippen LogP contribution in [0.15, 0.2) is 128 Å². The molecule has 0 saturated heterocycles. The van der Waals surface area contributed by atoms with Gasteiger partial charge >= 0.3 is 0 Å². The van der Waals surface area contributed by atoms with Crippen LogP contribution in [0.5, 0.6) is 11.5 Å². The van der Waals surface area contributed by atoms with E-state index >= 15 is 0 Å². The summed E-state index contributed by atoms with van der Waals surface area (Å²) in [4.78, 5) is 4.63. The molecule has 3 heterocycles. The number of hydrogen-bond donors (Lipinski definition) is 1. The topological polar surface area (TPSA) is 45.6 Å². The number of pyridine rings is 1. The van der Waals surface area contributed by atoms with Crippen molar-refractivity contribution in [2.24, 2.45) is 0 Å². The molecule has 0 fully saturated rings. The van der Waals surface area contributed by atoms with E-state index in [1.54, 1.807) is 0 Å².